The van der Waals surface area contributed by atoms with E-state index in [0.717, 1.165) is 19.1 Å². The second kappa shape index (κ2) is 5.88. The van der Waals surface area contributed by atoms with E-state index in [1.165, 1.54) is 36.9 Å². The fourth-order valence-electron chi connectivity index (χ4n) is 2.97. The molecule has 3 rings (SSSR count). The highest BCUT2D eigenvalue weighted by atomic mass is 32.1. The van der Waals surface area contributed by atoms with Crippen LogP contribution in [0.15, 0.2) is 29.1 Å². The molecule has 1 aliphatic carbocycles. The molecular weight excluding hydrogens is 254 g/mol. The van der Waals surface area contributed by atoms with Crippen LogP contribution in [0.1, 0.15) is 36.9 Å². The van der Waals surface area contributed by atoms with Gasteiger partial charge in [-0.3, -0.25) is 9.58 Å². The lowest BCUT2D eigenvalue weighted by atomic mass is 10.1. The molecule has 2 aromatic heterocycles. The van der Waals surface area contributed by atoms with Gasteiger partial charge in [0.25, 0.3) is 0 Å². The van der Waals surface area contributed by atoms with Crippen LogP contribution in [0.2, 0.25) is 0 Å². The van der Waals surface area contributed by atoms with Gasteiger partial charge in [0.15, 0.2) is 0 Å². The third-order valence-electron chi connectivity index (χ3n) is 4.09. The van der Waals surface area contributed by atoms with Gasteiger partial charge >= 0.3 is 0 Å². The van der Waals surface area contributed by atoms with Crippen molar-refractivity contribution in [2.75, 3.05) is 0 Å². The summed E-state index contributed by atoms with van der Waals surface area (Å²) in [5, 5.41) is 8.73. The molecule has 0 bridgehead atoms. The Bertz CT molecular complexity index is 497. The third-order valence-corrected chi connectivity index (χ3v) is 4.83. The average molecular weight is 275 g/mol. The van der Waals surface area contributed by atoms with E-state index in [0.29, 0.717) is 0 Å². The third kappa shape index (κ3) is 3.07. The summed E-state index contributed by atoms with van der Waals surface area (Å²) in [6.07, 6.45) is 7.36. The number of hydrogen-bond acceptors (Lipinski definition) is 3. The Hall–Kier alpha value is -1.13. The van der Waals surface area contributed by atoms with E-state index in [9.17, 15) is 0 Å². The van der Waals surface area contributed by atoms with Gasteiger partial charge < -0.3 is 0 Å². The fraction of sp³-hybridized carbons (Fsp3) is 0.533. The normalized spacial score (nSPS) is 16.5. The quantitative estimate of drug-likeness (QED) is 0.833. The van der Waals surface area contributed by atoms with Crippen LogP contribution in [0.5, 0.6) is 0 Å². The molecule has 0 atom stereocenters. The molecule has 2 aromatic rings. The number of rotatable bonds is 5. The Morgan fingerprint density at radius 2 is 2.16 bits per heavy atom. The zero-order chi connectivity index (χ0) is 13.1. The van der Waals surface area contributed by atoms with Crippen molar-refractivity contribution in [3.05, 3.63) is 40.3 Å². The van der Waals surface area contributed by atoms with Crippen molar-refractivity contribution >= 4 is 11.3 Å². The number of aromatic nitrogens is 2. The maximum Gasteiger partial charge on any atom is 0.0521 e. The summed E-state index contributed by atoms with van der Waals surface area (Å²) >= 11 is 1.79. The number of aryl methyl sites for hydroxylation is 1. The molecule has 1 saturated carbocycles. The smallest absolute Gasteiger partial charge is 0.0521 e. The largest absolute Gasteiger partial charge is 0.290 e. The molecule has 0 aliphatic heterocycles. The molecule has 0 radical (unpaired) electrons. The van der Waals surface area contributed by atoms with Crippen molar-refractivity contribution < 1.29 is 0 Å². The van der Waals surface area contributed by atoms with Gasteiger partial charge in [-0.05, 0) is 41.3 Å². The van der Waals surface area contributed by atoms with Gasteiger partial charge in [-0.25, -0.2) is 0 Å². The SMILES string of the molecule is Cn1nccc1CN(Cc1ccsc1)C1CCCC1. The molecule has 3 nitrogen and oxygen atoms in total. The van der Waals surface area contributed by atoms with Gasteiger partial charge in [0, 0.05) is 32.4 Å². The van der Waals surface area contributed by atoms with Crippen molar-refractivity contribution in [2.45, 2.75) is 44.8 Å². The topological polar surface area (TPSA) is 21.1 Å². The summed E-state index contributed by atoms with van der Waals surface area (Å²) in [6.45, 7) is 2.08. The monoisotopic (exact) mass is 275 g/mol. The predicted octanol–water partition coefficient (Wildman–Crippen LogP) is 3.43. The first-order valence-corrected chi connectivity index (χ1v) is 7.99. The minimum absolute atomic E-state index is 0.745. The van der Waals surface area contributed by atoms with E-state index in [4.69, 9.17) is 0 Å². The molecular formula is C15H21N3S. The Kier molecular flexibility index (Phi) is 3.99. The maximum atomic E-state index is 4.29. The van der Waals surface area contributed by atoms with Gasteiger partial charge in [0.2, 0.25) is 0 Å². The molecule has 102 valence electrons. The summed E-state index contributed by atoms with van der Waals surface area (Å²) < 4.78 is 2.00. The first-order valence-electron chi connectivity index (χ1n) is 7.05. The molecule has 0 N–H and O–H groups in total. The van der Waals surface area contributed by atoms with Crippen LogP contribution in [-0.4, -0.2) is 20.7 Å². The summed E-state index contributed by atoms with van der Waals surface area (Å²) in [4.78, 5) is 2.63. The Morgan fingerprint density at radius 3 is 2.79 bits per heavy atom. The van der Waals surface area contributed by atoms with E-state index in [2.05, 4.69) is 32.9 Å². The summed E-state index contributed by atoms with van der Waals surface area (Å²) in [6, 6.07) is 5.13. The van der Waals surface area contributed by atoms with Crippen LogP contribution in [0.3, 0.4) is 0 Å². The molecule has 0 amide bonds. The lowest BCUT2D eigenvalue weighted by molar-refractivity contribution is 0.176. The Labute approximate surface area is 118 Å². The summed E-state index contributed by atoms with van der Waals surface area (Å²) in [5.41, 5.74) is 2.75. The molecule has 1 aliphatic rings. The highest BCUT2D eigenvalue weighted by Crippen LogP contribution is 2.26. The van der Waals surface area contributed by atoms with Crippen LogP contribution < -0.4 is 0 Å². The summed E-state index contributed by atoms with van der Waals surface area (Å²) in [5.74, 6) is 0. The molecule has 0 saturated heterocycles. The Balaban J connectivity index is 1.73. The van der Waals surface area contributed by atoms with Crippen LogP contribution in [0.4, 0.5) is 0 Å². The second-order valence-corrected chi connectivity index (χ2v) is 6.20. The second-order valence-electron chi connectivity index (χ2n) is 5.42. The number of nitrogens with zero attached hydrogens (tertiary/aromatic N) is 3. The number of hydrogen-bond donors (Lipinski definition) is 0. The van der Waals surface area contributed by atoms with Crippen molar-refractivity contribution in [3.8, 4) is 0 Å². The van der Waals surface area contributed by atoms with Crippen LogP contribution >= 0.6 is 11.3 Å². The number of thiophene rings is 1. The minimum Gasteiger partial charge on any atom is -0.290 e. The van der Waals surface area contributed by atoms with Gasteiger partial charge in [-0.2, -0.15) is 16.4 Å². The standard InChI is InChI=1S/C15H21N3S/c1-17-15(6-8-16-17)11-18(14-4-2-3-5-14)10-13-7-9-19-12-13/h6-9,12,14H,2-5,10-11H2,1H3. The van der Waals surface area contributed by atoms with Crippen LogP contribution in [-0.2, 0) is 20.1 Å². The Morgan fingerprint density at radius 1 is 1.32 bits per heavy atom. The molecule has 1 fully saturated rings. The van der Waals surface area contributed by atoms with Gasteiger partial charge in [0.05, 0.1) is 5.69 Å². The first kappa shape index (κ1) is 12.9. The molecule has 19 heavy (non-hydrogen) atoms. The zero-order valence-electron chi connectivity index (χ0n) is 11.5. The van der Waals surface area contributed by atoms with Crippen LogP contribution in [0.25, 0.3) is 0 Å². The maximum absolute atomic E-state index is 4.29. The molecule has 0 aromatic carbocycles. The highest BCUT2D eigenvalue weighted by molar-refractivity contribution is 7.07. The van der Waals surface area contributed by atoms with Crippen molar-refractivity contribution in [2.24, 2.45) is 7.05 Å². The van der Waals surface area contributed by atoms with Gasteiger partial charge in [-0.1, -0.05) is 12.8 Å². The van der Waals surface area contributed by atoms with E-state index in [1.54, 1.807) is 11.3 Å². The fourth-order valence-corrected chi connectivity index (χ4v) is 3.62. The van der Waals surface area contributed by atoms with Gasteiger partial charge in [0.1, 0.15) is 0 Å². The van der Waals surface area contributed by atoms with E-state index < -0.39 is 0 Å². The summed E-state index contributed by atoms with van der Waals surface area (Å²) in [7, 11) is 2.03. The minimum atomic E-state index is 0.745. The zero-order valence-corrected chi connectivity index (χ0v) is 12.3. The average Bonchev–Trinajstić information content (AvgIpc) is 3.11. The lowest BCUT2D eigenvalue weighted by Gasteiger charge is -2.28. The van der Waals surface area contributed by atoms with E-state index >= 15 is 0 Å². The lowest BCUT2D eigenvalue weighted by Crippen LogP contribution is -2.32. The van der Waals surface area contributed by atoms with E-state index in [-0.39, 0.29) is 0 Å². The van der Waals surface area contributed by atoms with Crippen LogP contribution in [0, 0.1) is 0 Å². The van der Waals surface area contributed by atoms with E-state index in [1.807, 2.05) is 17.9 Å². The predicted molar refractivity (Wildman–Crippen MR) is 79.0 cm³/mol. The molecule has 2 heterocycles. The highest BCUT2D eigenvalue weighted by Gasteiger charge is 2.23. The molecule has 4 heteroatoms. The molecule has 0 spiro atoms. The van der Waals surface area contributed by atoms with Crippen molar-refractivity contribution in [1.29, 1.82) is 0 Å². The van der Waals surface area contributed by atoms with Crippen molar-refractivity contribution in [3.63, 3.8) is 0 Å². The van der Waals surface area contributed by atoms with Crippen molar-refractivity contribution in [1.82, 2.24) is 14.7 Å². The van der Waals surface area contributed by atoms with Gasteiger partial charge in [-0.15, -0.1) is 0 Å². The molecule has 0 unspecified atom stereocenters. The first-order chi connectivity index (χ1) is 9.33.